The van der Waals surface area contributed by atoms with Crippen LogP contribution in [0.15, 0.2) is 34.1 Å². The zero-order valence-electron chi connectivity index (χ0n) is 22.0. The molecule has 204 valence electrons. The number of benzene rings is 2. The first-order valence-corrected chi connectivity index (χ1v) is 13.7. The molecule has 4 rings (SSSR count). The molecule has 2 aromatic carbocycles. The van der Waals surface area contributed by atoms with Gasteiger partial charge >= 0.3 is 0 Å². The average molecular weight is 555 g/mol. The molecule has 2 aliphatic rings. The molecular weight excluding hydrogens is 520 g/mol. The van der Waals surface area contributed by atoms with Crippen LogP contribution in [0.5, 0.6) is 34.5 Å². The normalized spacial score (nSPS) is 18.4. The van der Waals surface area contributed by atoms with Gasteiger partial charge in [0.2, 0.25) is 11.5 Å². The topological polar surface area (TPSA) is 88.2 Å². The van der Waals surface area contributed by atoms with Gasteiger partial charge in [0.05, 0.1) is 54.2 Å². The van der Waals surface area contributed by atoms with Crippen LogP contribution in [0.3, 0.4) is 0 Å². The van der Waals surface area contributed by atoms with E-state index >= 15 is 0 Å². The zero-order chi connectivity index (χ0) is 26.6. The maximum atomic E-state index is 13.5. The Hall–Kier alpha value is -2.38. The summed E-state index contributed by atoms with van der Waals surface area (Å²) in [7, 11) is 8.05. The van der Waals surface area contributed by atoms with Gasteiger partial charge in [-0.15, -0.1) is 0 Å². The van der Waals surface area contributed by atoms with Crippen LogP contribution in [0, 0.1) is 0 Å². The summed E-state index contributed by atoms with van der Waals surface area (Å²) in [6, 6.07) is 7.35. The SMILES string of the molecule is COc1cc(SN2CCOC23CCN(S(=O)c2cc(OC)c(OC)c(OC)c2)CC3)cc(OC)c1OC. The van der Waals surface area contributed by atoms with Gasteiger partial charge in [0, 0.05) is 49.5 Å². The van der Waals surface area contributed by atoms with Gasteiger partial charge in [-0.3, -0.25) is 0 Å². The summed E-state index contributed by atoms with van der Waals surface area (Å²) in [5, 5.41) is 0. The summed E-state index contributed by atoms with van der Waals surface area (Å²) >= 11 is 1.61. The fourth-order valence-electron chi connectivity index (χ4n) is 4.66. The predicted octanol–water partition coefficient (Wildman–Crippen LogP) is 3.59. The van der Waals surface area contributed by atoms with Crippen molar-refractivity contribution < 1.29 is 37.4 Å². The quantitative estimate of drug-likeness (QED) is 0.406. The molecule has 1 spiro atoms. The standard InChI is InChI=1S/C25H34N2O8S2/c1-29-19-13-17(14-20(30-2)23(19)33-5)36-27-11-12-35-25(27)7-9-26(10-8-25)37(28)18-15-21(31-3)24(34-6)22(16-18)32-4/h13-16H,7-12H2,1-6H3. The Morgan fingerprint density at radius 2 is 1.24 bits per heavy atom. The van der Waals surface area contributed by atoms with Gasteiger partial charge in [-0.05, 0) is 24.1 Å². The lowest BCUT2D eigenvalue weighted by Gasteiger charge is -2.42. The van der Waals surface area contributed by atoms with Crippen LogP contribution in [0.2, 0.25) is 0 Å². The number of piperidine rings is 1. The largest absolute Gasteiger partial charge is 0.493 e. The molecule has 1 unspecified atom stereocenters. The molecule has 12 heteroatoms. The minimum atomic E-state index is -1.39. The Morgan fingerprint density at radius 1 is 0.757 bits per heavy atom. The van der Waals surface area contributed by atoms with E-state index < -0.39 is 16.7 Å². The molecular formula is C25H34N2O8S2. The number of hydrogen-bond acceptors (Lipinski definition) is 10. The van der Waals surface area contributed by atoms with E-state index in [0.29, 0.717) is 71.9 Å². The molecule has 2 fully saturated rings. The van der Waals surface area contributed by atoms with Crippen molar-refractivity contribution in [2.45, 2.75) is 28.4 Å². The number of hydrogen-bond donors (Lipinski definition) is 0. The van der Waals surface area contributed by atoms with E-state index in [4.69, 9.17) is 33.2 Å². The highest BCUT2D eigenvalue weighted by atomic mass is 32.2. The van der Waals surface area contributed by atoms with Gasteiger partial charge < -0.3 is 33.2 Å². The third-order valence-electron chi connectivity index (χ3n) is 6.55. The van der Waals surface area contributed by atoms with Gasteiger partial charge in [-0.1, -0.05) is 0 Å². The van der Waals surface area contributed by atoms with E-state index in [9.17, 15) is 4.21 Å². The molecule has 0 radical (unpaired) electrons. The molecule has 1 atom stereocenters. The average Bonchev–Trinajstić information content (AvgIpc) is 3.32. The lowest BCUT2D eigenvalue weighted by atomic mass is 10.0. The van der Waals surface area contributed by atoms with Crippen molar-refractivity contribution in [2.75, 3.05) is 68.9 Å². The minimum absolute atomic E-state index is 0.443. The number of rotatable bonds is 10. The highest BCUT2D eigenvalue weighted by Crippen LogP contribution is 2.46. The Morgan fingerprint density at radius 3 is 1.70 bits per heavy atom. The van der Waals surface area contributed by atoms with Crippen molar-refractivity contribution in [3.05, 3.63) is 24.3 Å². The van der Waals surface area contributed by atoms with E-state index in [-0.39, 0.29) is 0 Å². The fraction of sp³-hybridized carbons (Fsp3) is 0.520. The second-order valence-corrected chi connectivity index (χ2v) is 11.0. The van der Waals surface area contributed by atoms with Gasteiger partial charge in [-0.2, -0.15) is 0 Å². The van der Waals surface area contributed by atoms with Gasteiger partial charge in [0.25, 0.3) is 0 Å². The summed E-state index contributed by atoms with van der Waals surface area (Å²) in [5.41, 5.74) is -0.443. The van der Waals surface area contributed by atoms with Crippen LogP contribution in [-0.4, -0.2) is 87.4 Å². The lowest BCUT2D eigenvalue weighted by Crippen LogP contribution is -2.51. The molecule has 0 bridgehead atoms. The van der Waals surface area contributed by atoms with Crippen LogP contribution in [-0.2, 0) is 15.7 Å². The number of nitrogens with zero attached hydrogens (tertiary/aromatic N) is 2. The van der Waals surface area contributed by atoms with E-state index in [1.165, 1.54) is 0 Å². The Labute approximate surface area is 224 Å². The van der Waals surface area contributed by atoms with Crippen molar-refractivity contribution >= 4 is 22.9 Å². The smallest absolute Gasteiger partial charge is 0.203 e. The number of methoxy groups -OCH3 is 6. The van der Waals surface area contributed by atoms with E-state index in [1.54, 1.807) is 66.7 Å². The first-order chi connectivity index (χ1) is 17.9. The third-order valence-corrected chi connectivity index (χ3v) is 9.21. The summed E-state index contributed by atoms with van der Waals surface area (Å²) in [4.78, 5) is 1.56. The molecule has 2 saturated heterocycles. The lowest BCUT2D eigenvalue weighted by molar-refractivity contribution is -0.0771. The third kappa shape index (κ3) is 5.44. The zero-order valence-corrected chi connectivity index (χ0v) is 23.7. The first kappa shape index (κ1) is 27.6. The van der Waals surface area contributed by atoms with Gasteiger partial charge in [0.15, 0.2) is 23.0 Å². The van der Waals surface area contributed by atoms with E-state index in [2.05, 4.69) is 4.31 Å². The molecule has 0 N–H and O–H groups in total. The Bertz CT molecular complexity index is 1070. The molecule has 2 aliphatic heterocycles. The van der Waals surface area contributed by atoms with Gasteiger partial charge in [-0.25, -0.2) is 12.8 Å². The predicted molar refractivity (Wildman–Crippen MR) is 141 cm³/mol. The Kier molecular flexibility index (Phi) is 8.96. The monoisotopic (exact) mass is 554 g/mol. The molecule has 10 nitrogen and oxygen atoms in total. The van der Waals surface area contributed by atoms with Gasteiger partial charge in [0.1, 0.15) is 16.7 Å². The summed E-state index contributed by atoms with van der Waals surface area (Å²) < 4.78 is 56.8. The molecule has 0 aliphatic carbocycles. The van der Waals surface area contributed by atoms with Crippen LogP contribution in [0.4, 0.5) is 0 Å². The molecule has 0 amide bonds. The molecule has 37 heavy (non-hydrogen) atoms. The molecule has 2 heterocycles. The highest BCUT2D eigenvalue weighted by Gasteiger charge is 2.46. The second-order valence-electron chi connectivity index (χ2n) is 8.39. The molecule has 0 aromatic heterocycles. The van der Waals surface area contributed by atoms with Crippen molar-refractivity contribution in [3.8, 4) is 34.5 Å². The fourth-order valence-corrected chi connectivity index (χ4v) is 7.03. The maximum Gasteiger partial charge on any atom is 0.203 e. The molecule has 2 aromatic rings. The molecule has 0 saturated carbocycles. The van der Waals surface area contributed by atoms with Crippen LogP contribution < -0.4 is 28.4 Å². The van der Waals surface area contributed by atoms with E-state index in [0.717, 1.165) is 11.4 Å². The van der Waals surface area contributed by atoms with Crippen LogP contribution in [0.25, 0.3) is 0 Å². The number of ether oxygens (including phenoxy) is 7. The maximum absolute atomic E-state index is 13.5. The Balaban J connectivity index is 1.49. The van der Waals surface area contributed by atoms with Crippen LogP contribution >= 0.6 is 11.9 Å². The van der Waals surface area contributed by atoms with E-state index in [1.807, 2.05) is 16.4 Å². The summed E-state index contributed by atoms with van der Waals surface area (Å²) in [5.74, 6) is 3.20. The van der Waals surface area contributed by atoms with Crippen molar-refractivity contribution in [3.63, 3.8) is 0 Å². The van der Waals surface area contributed by atoms with Crippen LogP contribution in [0.1, 0.15) is 12.8 Å². The summed E-state index contributed by atoms with van der Waals surface area (Å²) in [6.07, 6.45) is 1.42. The summed E-state index contributed by atoms with van der Waals surface area (Å²) in [6.45, 7) is 2.62. The first-order valence-electron chi connectivity index (χ1n) is 11.8. The van der Waals surface area contributed by atoms with Crippen molar-refractivity contribution in [1.29, 1.82) is 0 Å². The minimum Gasteiger partial charge on any atom is -0.493 e. The van der Waals surface area contributed by atoms with Crippen molar-refractivity contribution in [2.24, 2.45) is 0 Å². The second kappa shape index (κ2) is 12.0. The van der Waals surface area contributed by atoms with Crippen molar-refractivity contribution in [1.82, 2.24) is 8.61 Å². The highest BCUT2D eigenvalue weighted by molar-refractivity contribution is 7.97.